The number of pyridine rings is 1. The predicted octanol–water partition coefficient (Wildman–Crippen LogP) is 5.18. The highest BCUT2D eigenvalue weighted by Gasteiger charge is 2.18. The molecule has 176 valence electrons. The first-order chi connectivity index (χ1) is 16.1. The molecule has 0 aliphatic carbocycles. The molecule has 1 N–H and O–H groups in total. The second kappa shape index (κ2) is 8.86. The van der Waals surface area contributed by atoms with E-state index >= 15 is 0 Å². The molecule has 0 atom stereocenters. The van der Waals surface area contributed by atoms with Gasteiger partial charge in [0.05, 0.1) is 11.1 Å². The lowest BCUT2D eigenvalue weighted by molar-refractivity contribution is 0.439. The molecule has 0 saturated carbocycles. The Morgan fingerprint density at radius 1 is 0.882 bits per heavy atom. The van der Waals surface area contributed by atoms with Crippen LogP contribution in [0.3, 0.4) is 0 Å². The molecule has 4 rings (SSSR count). The average molecular weight is 488 g/mol. The van der Waals surface area contributed by atoms with E-state index in [9.17, 15) is 26.4 Å². The maximum Gasteiger partial charge on any atom is 0.258 e. The van der Waals surface area contributed by atoms with E-state index in [-0.39, 0.29) is 28.3 Å². The lowest BCUT2D eigenvalue weighted by atomic mass is 9.99. The molecular formula is C24H19F3N2O4S. The summed E-state index contributed by atoms with van der Waals surface area (Å²) in [7, 11) is -2.13. The van der Waals surface area contributed by atoms with Gasteiger partial charge in [0.2, 0.25) is 10.0 Å². The van der Waals surface area contributed by atoms with Crippen molar-refractivity contribution in [1.29, 1.82) is 0 Å². The van der Waals surface area contributed by atoms with E-state index in [1.807, 2.05) is 0 Å². The molecule has 0 unspecified atom stereocenters. The van der Waals surface area contributed by atoms with Gasteiger partial charge in [0.15, 0.2) is 11.6 Å². The van der Waals surface area contributed by atoms with Crippen LogP contribution in [0.4, 0.5) is 18.9 Å². The monoisotopic (exact) mass is 488 g/mol. The van der Waals surface area contributed by atoms with Gasteiger partial charge in [-0.05, 0) is 54.8 Å². The Morgan fingerprint density at radius 2 is 1.56 bits per heavy atom. The number of sulfonamides is 1. The molecule has 0 bridgehead atoms. The van der Waals surface area contributed by atoms with Crippen LogP contribution in [0.5, 0.6) is 11.5 Å². The molecule has 4 aromatic rings. The number of aryl methyl sites for hydroxylation is 1. The van der Waals surface area contributed by atoms with E-state index in [0.29, 0.717) is 22.6 Å². The summed E-state index contributed by atoms with van der Waals surface area (Å²) >= 11 is 0. The van der Waals surface area contributed by atoms with Crippen molar-refractivity contribution in [3.8, 4) is 22.6 Å². The fourth-order valence-corrected chi connectivity index (χ4v) is 4.11. The number of rotatable bonds is 6. The summed E-state index contributed by atoms with van der Waals surface area (Å²) in [4.78, 5) is 12.6. The van der Waals surface area contributed by atoms with E-state index in [1.165, 1.54) is 55.1 Å². The van der Waals surface area contributed by atoms with Gasteiger partial charge in [0.25, 0.3) is 5.56 Å². The quantitative estimate of drug-likeness (QED) is 0.406. The number of fused-ring (bicyclic) bond motifs is 1. The van der Waals surface area contributed by atoms with E-state index in [0.717, 1.165) is 18.2 Å². The summed E-state index contributed by atoms with van der Waals surface area (Å²) in [6.45, 7) is 1.48. The fourth-order valence-electron chi connectivity index (χ4n) is 3.48. The maximum absolute atomic E-state index is 14.3. The van der Waals surface area contributed by atoms with Crippen molar-refractivity contribution in [2.24, 2.45) is 7.05 Å². The first-order valence-corrected chi connectivity index (χ1v) is 11.8. The van der Waals surface area contributed by atoms with Crippen LogP contribution in [0, 0.1) is 17.5 Å². The van der Waals surface area contributed by atoms with Gasteiger partial charge in [0, 0.05) is 36.1 Å². The zero-order valence-corrected chi connectivity index (χ0v) is 18.9. The normalized spacial score (nSPS) is 11.6. The van der Waals surface area contributed by atoms with Crippen molar-refractivity contribution in [2.75, 3.05) is 10.5 Å². The lowest BCUT2D eigenvalue weighted by Crippen LogP contribution is -2.17. The van der Waals surface area contributed by atoms with Gasteiger partial charge in [-0.25, -0.2) is 21.6 Å². The predicted molar refractivity (Wildman–Crippen MR) is 124 cm³/mol. The molecule has 0 aliphatic heterocycles. The van der Waals surface area contributed by atoms with Gasteiger partial charge >= 0.3 is 0 Å². The molecule has 0 aliphatic rings. The molecule has 0 saturated heterocycles. The third-order valence-corrected chi connectivity index (χ3v) is 6.49. The summed E-state index contributed by atoms with van der Waals surface area (Å²) in [6.07, 6.45) is 1.49. The van der Waals surface area contributed by atoms with E-state index in [1.54, 1.807) is 0 Å². The number of hydrogen-bond donors (Lipinski definition) is 1. The highest BCUT2D eigenvalue weighted by Crippen LogP contribution is 2.39. The van der Waals surface area contributed by atoms with Crippen molar-refractivity contribution in [1.82, 2.24) is 4.57 Å². The average Bonchev–Trinajstić information content (AvgIpc) is 2.79. The number of benzene rings is 3. The molecule has 6 nitrogen and oxygen atoms in total. The Balaban J connectivity index is 1.97. The first-order valence-electron chi connectivity index (χ1n) is 10.1. The van der Waals surface area contributed by atoms with Crippen LogP contribution < -0.4 is 15.0 Å². The first kappa shape index (κ1) is 23.4. The summed E-state index contributed by atoms with van der Waals surface area (Å²) < 4.78 is 75.1. The molecule has 0 fully saturated rings. The van der Waals surface area contributed by atoms with Crippen LogP contribution in [0.1, 0.15) is 6.92 Å². The van der Waals surface area contributed by atoms with E-state index in [4.69, 9.17) is 4.74 Å². The van der Waals surface area contributed by atoms with Gasteiger partial charge in [-0.1, -0.05) is 6.07 Å². The van der Waals surface area contributed by atoms with Gasteiger partial charge in [-0.2, -0.15) is 0 Å². The Kier molecular flexibility index (Phi) is 6.09. The minimum atomic E-state index is -3.61. The fraction of sp³-hybridized carbons (Fsp3) is 0.125. The Bertz CT molecular complexity index is 1580. The minimum Gasteiger partial charge on any atom is -0.454 e. The molecule has 0 amide bonds. The zero-order chi connectivity index (χ0) is 24.6. The second-order valence-corrected chi connectivity index (χ2v) is 9.55. The molecular weight excluding hydrogens is 469 g/mol. The summed E-state index contributed by atoms with van der Waals surface area (Å²) in [5, 5.41) is 0.475. The van der Waals surface area contributed by atoms with Gasteiger partial charge in [0.1, 0.15) is 17.4 Å². The molecule has 1 heterocycles. The lowest BCUT2D eigenvalue weighted by Gasteiger charge is -2.17. The molecule has 34 heavy (non-hydrogen) atoms. The molecule has 0 spiro atoms. The number of anilines is 1. The number of ether oxygens (including phenoxy) is 1. The highest BCUT2D eigenvalue weighted by atomic mass is 32.2. The van der Waals surface area contributed by atoms with Crippen LogP contribution in [-0.4, -0.2) is 18.7 Å². The third kappa shape index (κ3) is 4.62. The number of nitrogens with zero attached hydrogens (tertiary/aromatic N) is 1. The van der Waals surface area contributed by atoms with Crippen LogP contribution >= 0.6 is 0 Å². The standard InChI is InChI=1S/C24H19F3N2O4S/c1-3-34(31,32)28-16-6-9-22(33-23-8-5-15(26)11-21(23)27)18(12-16)20-13-29(2)24(30)19-10-14(25)4-7-17(19)20/h4-13,28H,3H2,1-2H3. The van der Waals surface area contributed by atoms with Crippen molar-refractivity contribution in [3.05, 3.63) is 88.6 Å². The number of halogens is 3. The summed E-state index contributed by atoms with van der Waals surface area (Å²) in [5.41, 5.74) is 0.473. The molecule has 10 heteroatoms. The van der Waals surface area contributed by atoms with Crippen molar-refractivity contribution < 1.29 is 26.3 Å². The maximum atomic E-state index is 14.3. The second-order valence-electron chi connectivity index (χ2n) is 7.54. The Morgan fingerprint density at radius 3 is 2.26 bits per heavy atom. The zero-order valence-electron chi connectivity index (χ0n) is 18.1. The largest absolute Gasteiger partial charge is 0.454 e. The van der Waals surface area contributed by atoms with Gasteiger partial charge in [-0.3, -0.25) is 9.52 Å². The topological polar surface area (TPSA) is 77.4 Å². The van der Waals surface area contributed by atoms with Crippen molar-refractivity contribution >= 4 is 26.5 Å². The van der Waals surface area contributed by atoms with Crippen LogP contribution in [-0.2, 0) is 17.1 Å². The van der Waals surface area contributed by atoms with Gasteiger partial charge in [-0.15, -0.1) is 0 Å². The Labute approximate surface area is 193 Å². The van der Waals surface area contributed by atoms with Crippen LogP contribution in [0.15, 0.2) is 65.6 Å². The SMILES string of the molecule is CCS(=O)(=O)Nc1ccc(Oc2ccc(F)cc2F)c(-c2cn(C)c(=O)c3cc(F)ccc23)c1. The third-order valence-electron chi connectivity index (χ3n) is 5.18. The summed E-state index contributed by atoms with van der Waals surface area (Å²) in [6, 6.07) is 10.9. The van der Waals surface area contributed by atoms with Gasteiger partial charge < -0.3 is 9.30 Å². The van der Waals surface area contributed by atoms with Crippen molar-refractivity contribution in [2.45, 2.75) is 6.92 Å². The summed E-state index contributed by atoms with van der Waals surface area (Å²) in [5.74, 6) is -2.63. The Hall–Kier alpha value is -3.79. The van der Waals surface area contributed by atoms with E-state index < -0.39 is 33.0 Å². The van der Waals surface area contributed by atoms with E-state index in [2.05, 4.69) is 4.72 Å². The smallest absolute Gasteiger partial charge is 0.258 e. The molecule has 3 aromatic carbocycles. The molecule has 0 radical (unpaired) electrons. The van der Waals surface area contributed by atoms with Crippen LogP contribution in [0.2, 0.25) is 0 Å². The van der Waals surface area contributed by atoms with Crippen molar-refractivity contribution in [3.63, 3.8) is 0 Å². The number of hydrogen-bond acceptors (Lipinski definition) is 4. The molecule has 1 aromatic heterocycles. The number of nitrogens with one attached hydrogen (secondary N) is 1. The van der Waals surface area contributed by atoms with Crippen LogP contribution in [0.25, 0.3) is 21.9 Å². The highest BCUT2D eigenvalue weighted by molar-refractivity contribution is 7.92. The number of aromatic nitrogens is 1. The minimum absolute atomic E-state index is 0.0958.